The first-order valence-electron chi connectivity index (χ1n) is 3.56. The lowest BCUT2D eigenvalue weighted by atomic mass is 10.0. The van der Waals surface area contributed by atoms with Crippen molar-refractivity contribution in [2.75, 3.05) is 0 Å². The molecule has 11 heavy (non-hydrogen) atoms. The minimum atomic E-state index is -0.372. The minimum absolute atomic E-state index is 0.0426. The van der Waals surface area contributed by atoms with Crippen LogP contribution >= 0.6 is 0 Å². The maximum atomic E-state index is 10.9. The van der Waals surface area contributed by atoms with Gasteiger partial charge in [0.25, 0.3) is 0 Å². The van der Waals surface area contributed by atoms with Crippen molar-refractivity contribution in [2.45, 2.75) is 27.2 Å². The van der Waals surface area contributed by atoms with Crippen molar-refractivity contribution in [3.05, 3.63) is 0 Å². The third-order valence-corrected chi connectivity index (χ3v) is 1.40. The van der Waals surface area contributed by atoms with Gasteiger partial charge in [-0.2, -0.15) is 0 Å². The van der Waals surface area contributed by atoms with E-state index in [4.69, 9.17) is 5.41 Å². The van der Waals surface area contributed by atoms with Crippen LogP contribution in [0.15, 0.2) is 0 Å². The number of carbonyl (C=O) groups is 2. The molecule has 0 unspecified atom stereocenters. The SMILES string of the molecule is CC(=N)C(=O)CC(=O)C(C)C. The van der Waals surface area contributed by atoms with Crippen LogP contribution < -0.4 is 0 Å². The maximum Gasteiger partial charge on any atom is 0.183 e. The van der Waals surface area contributed by atoms with Crippen LogP contribution in [-0.2, 0) is 9.59 Å². The lowest BCUT2D eigenvalue weighted by molar-refractivity contribution is -0.126. The molecule has 3 heteroatoms. The lowest BCUT2D eigenvalue weighted by Gasteiger charge is -2.00. The van der Waals surface area contributed by atoms with E-state index in [1.165, 1.54) is 6.92 Å². The Labute approximate surface area is 66.3 Å². The van der Waals surface area contributed by atoms with Crippen molar-refractivity contribution in [2.24, 2.45) is 5.92 Å². The molecule has 0 aromatic heterocycles. The summed E-state index contributed by atoms with van der Waals surface area (Å²) in [7, 11) is 0. The van der Waals surface area contributed by atoms with Crippen molar-refractivity contribution in [1.82, 2.24) is 0 Å². The number of ketones is 2. The highest BCUT2D eigenvalue weighted by molar-refractivity contribution is 6.40. The molecular weight excluding hydrogens is 142 g/mol. The average Bonchev–Trinajstić information content (AvgIpc) is 1.87. The Kier molecular flexibility index (Phi) is 3.65. The van der Waals surface area contributed by atoms with E-state index in [1.54, 1.807) is 13.8 Å². The Balaban J connectivity index is 3.96. The zero-order chi connectivity index (χ0) is 9.02. The molecule has 0 fully saturated rings. The van der Waals surface area contributed by atoms with Gasteiger partial charge in [-0.25, -0.2) is 0 Å². The third-order valence-electron chi connectivity index (χ3n) is 1.40. The second-order valence-corrected chi connectivity index (χ2v) is 2.85. The average molecular weight is 155 g/mol. The second-order valence-electron chi connectivity index (χ2n) is 2.85. The summed E-state index contributed by atoms with van der Waals surface area (Å²) in [6.07, 6.45) is -0.118. The van der Waals surface area contributed by atoms with Gasteiger partial charge in [0, 0.05) is 5.92 Å². The summed E-state index contributed by atoms with van der Waals surface area (Å²) in [5.41, 5.74) is -0.0426. The van der Waals surface area contributed by atoms with Crippen molar-refractivity contribution in [3.63, 3.8) is 0 Å². The molecule has 0 saturated heterocycles. The quantitative estimate of drug-likeness (QED) is 0.490. The molecule has 0 spiro atoms. The molecule has 0 rings (SSSR count). The van der Waals surface area contributed by atoms with E-state index in [0.29, 0.717) is 0 Å². The van der Waals surface area contributed by atoms with Gasteiger partial charge in [-0.15, -0.1) is 0 Å². The Bertz CT molecular complexity index is 194. The molecule has 1 N–H and O–H groups in total. The van der Waals surface area contributed by atoms with Gasteiger partial charge < -0.3 is 5.41 Å². The smallest absolute Gasteiger partial charge is 0.183 e. The van der Waals surface area contributed by atoms with Crippen molar-refractivity contribution in [3.8, 4) is 0 Å². The van der Waals surface area contributed by atoms with E-state index in [9.17, 15) is 9.59 Å². The van der Waals surface area contributed by atoms with Crippen LogP contribution in [0.5, 0.6) is 0 Å². The highest BCUT2D eigenvalue weighted by atomic mass is 16.1. The number of rotatable bonds is 4. The van der Waals surface area contributed by atoms with E-state index < -0.39 is 0 Å². The number of hydrogen-bond acceptors (Lipinski definition) is 3. The molecule has 0 heterocycles. The van der Waals surface area contributed by atoms with Gasteiger partial charge in [0.15, 0.2) is 5.78 Å². The Morgan fingerprint density at radius 1 is 1.36 bits per heavy atom. The van der Waals surface area contributed by atoms with Gasteiger partial charge in [-0.3, -0.25) is 9.59 Å². The van der Waals surface area contributed by atoms with Gasteiger partial charge in [0.05, 0.1) is 12.1 Å². The normalized spacial score (nSPS) is 9.82. The molecule has 0 radical (unpaired) electrons. The largest absolute Gasteiger partial charge is 0.302 e. The van der Waals surface area contributed by atoms with E-state index in [2.05, 4.69) is 0 Å². The fraction of sp³-hybridized carbons (Fsp3) is 0.625. The standard InChI is InChI=1S/C8H13NO2/c1-5(2)7(10)4-8(11)6(3)9/h5,9H,4H2,1-3H3. The van der Waals surface area contributed by atoms with E-state index in [0.717, 1.165) is 0 Å². The van der Waals surface area contributed by atoms with Crippen LogP contribution in [0, 0.1) is 11.3 Å². The van der Waals surface area contributed by atoms with Crippen LogP contribution in [0.2, 0.25) is 0 Å². The minimum Gasteiger partial charge on any atom is -0.302 e. The van der Waals surface area contributed by atoms with Crippen LogP contribution in [-0.4, -0.2) is 17.3 Å². The van der Waals surface area contributed by atoms with Gasteiger partial charge in [0.1, 0.15) is 5.78 Å². The first-order valence-corrected chi connectivity index (χ1v) is 3.56. The molecule has 0 aliphatic heterocycles. The molecule has 0 amide bonds. The summed E-state index contributed by atoms with van der Waals surface area (Å²) in [5.74, 6) is -0.580. The van der Waals surface area contributed by atoms with E-state index in [-0.39, 0.29) is 29.6 Å². The predicted molar refractivity (Wildman–Crippen MR) is 42.9 cm³/mol. The van der Waals surface area contributed by atoms with Gasteiger partial charge in [0.2, 0.25) is 0 Å². The summed E-state index contributed by atoms with van der Waals surface area (Å²) in [6.45, 7) is 4.89. The Morgan fingerprint density at radius 2 is 1.82 bits per heavy atom. The highest BCUT2D eigenvalue weighted by Crippen LogP contribution is 1.99. The molecule has 0 bridgehead atoms. The van der Waals surface area contributed by atoms with Crippen LogP contribution in [0.4, 0.5) is 0 Å². The zero-order valence-electron chi connectivity index (χ0n) is 7.10. The fourth-order valence-corrected chi connectivity index (χ4v) is 0.495. The summed E-state index contributed by atoms with van der Waals surface area (Å²) in [4.78, 5) is 21.8. The molecular formula is C8H13NO2. The Hall–Kier alpha value is -0.990. The monoisotopic (exact) mass is 155 g/mol. The van der Waals surface area contributed by atoms with Crippen molar-refractivity contribution in [1.29, 1.82) is 5.41 Å². The summed E-state index contributed by atoms with van der Waals surface area (Å²) >= 11 is 0. The predicted octanol–water partition coefficient (Wildman–Crippen LogP) is 1.21. The summed E-state index contributed by atoms with van der Waals surface area (Å²) in [5, 5.41) is 6.93. The highest BCUT2D eigenvalue weighted by Gasteiger charge is 2.13. The molecule has 0 atom stereocenters. The maximum absolute atomic E-state index is 10.9. The number of Topliss-reactive ketones (excluding diaryl/α,β-unsaturated/α-hetero) is 2. The molecule has 0 aromatic carbocycles. The first kappa shape index (κ1) is 10.0. The summed E-state index contributed by atoms with van der Waals surface area (Å²) in [6, 6.07) is 0. The summed E-state index contributed by atoms with van der Waals surface area (Å²) < 4.78 is 0. The van der Waals surface area contributed by atoms with E-state index >= 15 is 0 Å². The van der Waals surface area contributed by atoms with Gasteiger partial charge in [-0.1, -0.05) is 13.8 Å². The first-order chi connectivity index (χ1) is 4.95. The molecule has 0 aliphatic rings. The van der Waals surface area contributed by atoms with E-state index in [1.807, 2.05) is 0 Å². The van der Waals surface area contributed by atoms with Crippen molar-refractivity contribution >= 4 is 17.3 Å². The third kappa shape index (κ3) is 3.65. The molecule has 62 valence electrons. The zero-order valence-corrected chi connectivity index (χ0v) is 7.10. The molecule has 0 saturated carbocycles. The van der Waals surface area contributed by atoms with Gasteiger partial charge in [-0.05, 0) is 6.92 Å². The topological polar surface area (TPSA) is 58.0 Å². The number of carbonyl (C=O) groups excluding carboxylic acids is 2. The number of hydrogen-bond donors (Lipinski definition) is 1. The van der Waals surface area contributed by atoms with Crippen LogP contribution in [0.1, 0.15) is 27.2 Å². The molecule has 0 aliphatic carbocycles. The second kappa shape index (κ2) is 4.01. The van der Waals surface area contributed by atoms with Crippen LogP contribution in [0.3, 0.4) is 0 Å². The van der Waals surface area contributed by atoms with Crippen molar-refractivity contribution < 1.29 is 9.59 Å². The Morgan fingerprint density at radius 3 is 2.09 bits per heavy atom. The fourth-order valence-electron chi connectivity index (χ4n) is 0.495. The lowest BCUT2D eigenvalue weighted by Crippen LogP contribution is -2.17. The van der Waals surface area contributed by atoms with Crippen LogP contribution in [0.25, 0.3) is 0 Å². The number of nitrogens with one attached hydrogen (secondary N) is 1. The molecule has 3 nitrogen and oxygen atoms in total. The van der Waals surface area contributed by atoms with Gasteiger partial charge >= 0.3 is 0 Å². The molecule has 0 aromatic rings.